The maximum Gasteiger partial charge on any atom is 0.389 e. The Balaban J connectivity index is 2.26. The summed E-state index contributed by atoms with van der Waals surface area (Å²) in [6.45, 7) is 3.99. The second-order valence-corrected chi connectivity index (χ2v) is 5.21. The normalized spacial score (nSPS) is 19.2. The van der Waals surface area contributed by atoms with Crippen LogP contribution in [0.15, 0.2) is 0 Å². The zero-order valence-electron chi connectivity index (χ0n) is 11.4. The SMILES string of the molecule is CCC1(C(=O)NCCCCC(F)(F)F)CCNCC1. The van der Waals surface area contributed by atoms with Crippen LogP contribution in [0.4, 0.5) is 13.2 Å². The Labute approximate surface area is 112 Å². The molecule has 3 nitrogen and oxygen atoms in total. The first-order chi connectivity index (χ1) is 8.90. The molecule has 1 heterocycles. The highest BCUT2D eigenvalue weighted by atomic mass is 19.4. The lowest BCUT2D eigenvalue weighted by Crippen LogP contribution is -2.47. The van der Waals surface area contributed by atoms with E-state index in [1.165, 1.54) is 0 Å². The summed E-state index contributed by atoms with van der Waals surface area (Å²) in [6.07, 6.45) is -2.03. The monoisotopic (exact) mass is 280 g/mol. The van der Waals surface area contributed by atoms with Crippen molar-refractivity contribution in [2.24, 2.45) is 5.41 Å². The van der Waals surface area contributed by atoms with Crippen molar-refractivity contribution < 1.29 is 18.0 Å². The number of amides is 1. The average molecular weight is 280 g/mol. The third kappa shape index (κ3) is 5.38. The van der Waals surface area contributed by atoms with Crippen molar-refractivity contribution in [2.45, 2.75) is 51.6 Å². The van der Waals surface area contributed by atoms with Gasteiger partial charge in [0.15, 0.2) is 0 Å². The van der Waals surface area contributed by atoms with Crippen molar-refractivity contribution in [1.82, 2.24) is 10.6 Å². The molecule has 0 aromatic rings. The van der Waals surface area contributed by atoms with Crippen LogP contribution in [0.1, 0.15) is 45.4 Å². The summed E-state index contributed by atoms with van der Waals surface area (Å²) in [7, 11) is 0. The van der Waals surface area contributed by atoms with E-state index >= 15 is 0 Å². The number of hydrogen-bond donors (Lipinski definition) is 2. The number of carbonyl (C=O) groups excluding carboxylic acids is 1. The third-order valence-electron chi connectivity index (χ3n) is 3.89. The molecule has 6 heteroatoms. The van der Waals surface area contributed by atoms with Crippen molar-refractivity contribution >= 4 is 5.91 Å². The lowest BCUT2D eigenvalue weighted by Gasteiger charge is -2.35. The Morgan fingerprint density at radius 1 is 1.26 bits per heavy atom. The fraction of sp³-hybridized carbons (Fsp3) is 0.923. The minimum atomic E-state index is -4.09. The molecule has 1 amide bonds. The number of carbonyl (C=O) groups is 1. The molecule has 0 radical (unpaired) electrons. The molecule has 112 valence electrons. The van der Waals surface area contributed by atoms with Crippen molar-refractivity contribution in [1.29, 1.82) is 0 Å². The quantitative estimate of drug-likeness (QED) is 0.734. The van der Waals surface area contributed by atoms with E-state index in [1.54, 1.807) is 0 Å². The molecule has 1 rings (SSSR count). The van der Waals surface area contributed by atoms with Crippen LogP contribution >= 0.6 is 0 Å². The van der Waals surface area contributed by atoms with Gasteiger partial charge in [0, 0.05) is 13.0 Å². The molecule has 0 aromatic carbocycles. The number of piperidine rings is 1. The predicted octanol–water partition coefficient (Wildman–Crippen LogP) is 2.62. The number of halogens is 3. The molecule has 0 spiro atoms. The lowest BCUT2D eigenvalue weighted by atomic mass is 9.76. The summed E-state index contributed by atoms with van der Waals surface area (Å²) in [5.41, 5.74) is -0.324. The first-order valence-electron chi connectivity index (χ1n) is 6.95. The molecule has 1 saturated heterocycles. The molecule has 0 saturated carbocycles. The molecule has 19 heavy (non-hydrogen) atoms. The first-order valence-corrected chi connectivity index (χ1v) is 6.95. The fourth-order valence-corrected chi connectivity index (χ4v) is 2.49. The van der Waals surface area contributed by atoms with Gasteiger partial charge in [0.05, 0.1) is 5.41 Å². The Bertz CT molecular complexity index is 286. The number of nitrogens with one attached hydrogen (secondary N) is 2. The smallest absolute Gasteiger partial charge is 0.356 e. The fourth-order valence-electron chi connectivity index (χ4n) is 2.49. The predicted molar refractivity (Wildman–Crippen MR) is 67.7 cm³/mol. The molecule has 1 fully saturated rings. The summed E-state index contributed by atoms with van der Waals surface area (Å²) < 4.78 is 35.9. The van der Waals surface area contributed by atoms with E-state index < -0.39 is 12.6 Å². The van der Waals surface area contributed by atoms with Crippen LogP contribution in [-0.4, -0.2) is 31.7 Å². The zero-order valence-corrected chi connectivity index (χ0v) is 11.4. The summed E-state index contributed by atoms with van der Waals surface area (Å²) in [5.74, 6) is 0.00325. The molecule has 0 atom stereocenters. The van der Waals surface area contributed by atoms with E-state index in [4.69, 9.17) is 0 Å². The van der Waals surface area contributed by atoms with E-state index in [2.05, 4.69) is 10.6 Å². The molecule has 2 N–H and O–H groups in total. The number of rotatable bonds is 6. The van der Waals surface area contributed by atoms with E-state index in [9.17, 15) is 18.0 Å². The summed E-state index contributed by atoms with van der Waals surface area (Å²) in [4.78, 5) is 12.2. The molecule has 1 aliphatic rings. The summed E-state index contributed by atoms with van der Waals surface area (Å²) >= 11 is 0. The molecule has 0 aromatic heterocycles. The number of alkyl halides is 3. The van der Waals surface area contributed by atoms with Crippen molar-refractivity contribution in [3.8, 4) is 0 Å². The molecule has 1 aliphatic heterocycles. The van der Waals surface area contributed by atoms with Crippen LogP contribution in [-0.2, 0) is 4.79 Å². The van der Waals surface area contributed by atoms with Crippen LogP contribution in [0.5, 0.6) is 0 Å². The lowest BCUT2D eigenvalue weighted by molar-refractivity contribution is -0.135. The van der Waals surface area contributed by atoms with Crippen molar-refractivity contribution in [2.75, 3.05) is 19.6 Å². The molecular weight excluding hydrogens is 257 g/mol. The van der Waals surface area contributed by atoms with Gasteiger partial charge in [0.2, 0.25) is 5.91 Å². The minimum Gasteiger partial charge on any atom is -0.356 e. The Kier molecular flexibility index (Phi) is 6.10. The highest BCUT2D eigenvalue weighted by molar-refractivity contribution is 5.82. The van der Waals surface area contributed by atoms with Crippen molar-refractivity contribution in [3.05, 3.63) is 0 Å². The van der Waals surface area contributed by atoms with Gasteiger partial charge in [-0.05, 0) is 45.2 Å². The largest absolute Gasteiger partial charge is 0.389 e. The standard InChI is InChI=1S/C13H23F3N2O/c1-2-12(6-9-17-10-7-12)11(19)18-8-4-3-5-13(14,15)16/h17H,2-10H2,1H3,(H,18,19). The van der Waals surface area contributed by atoms with Gasteiger partial charge in [-0.15, -0.1) is 0 Å². The number of hydrogen-bond acceptors (Lipinski definition) is 2. The molecule has 0 bridgehead atoms. The van der Waals surface area contributed by atoms with Crippen LogP contribution in [0.3, 0.4) is 0 Å². The van der Waals surface area contributed by atoms with Gasteiger partial charge in [-0.2, -0.15) is 13.2 Å². The second-order valence-electron chi connectivity index (χ2n) is 5.21. The molecule has 0 aliphatic carbocycles. The third-order valence-corrected chi connectivity index (χ3v) is 3.89. The van der Waals surface area contributed by atoms with Gasteiger partial charge in [0.1, 0.15) is 0 Å². The number of unbranched alkanes of at least 4 members (excludes halogenated alkanes) is 1. The van der Waals surface area contributed by atoms with Crippen LogP contribution < -0.4 is 10.6 Å². The van der Waals surface area contributed by atoms with E-state index in [0.717, 1.165) is 32.4 Å². The summed E-state index contributed by atoms with van der Waals surface area (Å²) in [6, 6.07) is 0. The van der Waals surface area contributed by atoms with Gasteiger partial charge < -0.3 is 10.6 Å². The van der Waals surface area contributed by atoms with Gasteiger partial charge in [-0.25, -0.2) is 0 Å². The second kappa shape index (κ2) is 7.12. The Hall–Kier alpha value is -0.780. The highest BCUT2D eigenvalue weighted by Crippen LogP contribution is 2.32. The van der Waals surface area contributed by atoms with Gasteiger partial charge in [0.25, 0.3) is 0 Å². The van der Waals surface area contributed by atoms with E-state index in [1.807, 2.05) is 6.92 Å². The zero-order chi connectivity index (χ0) is 14.4. The average Bonchev–Trinajstić information content (AvgIpc) is 2.37. The first kappa shape index (κ1) is 16.3. The maximum atomic E-state index is 12.2. The highest BCUT2D eigenvalue weighted by Gasteiger charge is 2.37. The maximum absolute atomic E-state index is 12.2. The van der Waals surface area contributed by atoms with Gasteiger partial charge in [-0.1, -0.05) is 6.92 Å². The van der Waals surface area contributed by atoms with Gasteiger partial charge in [-0.3, -0.25) is 4.79 Å². The Morgan fingerprint density at radius 2 is 1.89 bits per heavy atom. The van der Waals surface area contributed by atoms with E-state index in [-0.39, 0.29) is 17.7 Å². The van der Waals surface area contributed by atoms with Crippen molar-refractivity contribution in [3.63, 3.8) is 0 Å². The van der Waals surface area contributed by atoms with Crippen LogP contribution in [0.25, 0.3) is 0 Å². The molecular formula is C13H23F3N2O. The minimum absolute atomic E-state index is 0.00325. The Morgan fingerprint density at radius 3 is 2.42 bits per heavy atom. The van der Waals surface area contributed by atoms with Crippen LogP contribution in [0, 0.1) is 5.41 Å². The topological polar surface area (TPSA) is 41.1 Å². The molecule has 0 unspecified atom stereocenters. The van der Waals surface area contributed by atoms with Gasteiger partial charge >= 0.3 is 6.18 Å². The van der Waals surface area contributed by atoms with E-state index in [0.29, 0.717) is 13.0 Å². The summed E-state index contributed by atoms with van der Waals surface area (Å²) in [5, 5.41) is 6.01. The van der Waals surface area contributed by atoms with Crippen LogP contribution in [0.2, 0.25) is 0 Å².